The molecule has 1 unspecified atom stereocenters. The van der Waals surface area contributed by atoms with E-state index < -0.39 is 6.04 Å². The first-order valence-electron chi connectivity index (χ1n) is 5.07. The molecule has 2 rings (SSSR count). The molecule has 1 aromatic rings. The molecule has 17 heavy (non-hydrogen) atoms. The van der Waals surface area contributed by atoms with E-state index in [1.807, 2.05) is 0 Å². The Labute approximate surface area is 106 Å². The monoisotopic (exact) mass is 298 g/mol. The first kappa shape index (κ1) is 12.0. The zero-order valence-electron chi connectivity index (χ0n) is 8.87. The van der Waals surface area contributed by atoms with Gasteiger partial charge in [0.25, 0.3) is 0 Å². The summed E-state index contributed by atoms with van der Waals surface area (Å²) in [5.41, 5.74) is 0. The number of nitrogens with one attached hydrogen (secondary N) is 3. The summed E-state index contributed by atoms with van der Waals surface area (Å²) >= 11 is 3.26. The third-order valence-electron chi connectivity index (χ3n) is 2.31. The Kier molecular flexibility index (Phi) is 3.70. The zero-order chi connectivity index (χ0) is 12.3. The van der Waals surface area contributed by atoms with Crippen LogP contribution in [0.4, 0.5) is 5.82 Å². The van der Waals surface area contributed by atoms with Crippen molar-refractivity contribution in [2.75, 3.05) is 18.4 Å². The second-order valence-electron chi connectivity index (χ2n) is 3.59. The average Bonchev–Trinajstić information content (AvgIpc) is 2.33. The van der Waals surface area contributed by atoms with E-state index in [0.717, 1.165) is 4.47 Å². The van der Waals surface area contributed by atoms with Crippen LogP contribution in [0.5, 0.6) is 0 Å². The van der Waals surface area contributed by atoms with Crippen LogP contribution in [-0.4, -0.2) is 35.9 Å². The predicted octanol–water partition coefficient (Wildman–Crippen LogP) is -0.129. The Morgan fingerprint density at radius 1 is 1.53 bits per heavy atom. The fourth-order valence-corrected chi connectivity index (χ4v) is 1.65. The molecule has 2 heterocycles. The molecule has 6 nitrogen and oxygen atoms in total. The van der Waals surface area contributed by atoms with Crippen molar-refractivity contribution in [2.45, 2.75) is 6.04 Å². The Morgan fingerprint density at radius 2 is 2.35 bits per heavy atom. The number of amides is 2. The van der Waals surface area contributed by atoms with Crippen LogP contribution in [-0.2, 0) is 9.59 Å². The maximum atomic E-state index is 11.8. The highest BCUT2D eigenvalue weighted by atomic mass is 79.9. The summed E-state index contributed by atoms with van der Waals surface area (Å²) in [6, 6.07) is 3.07. The van der Waals surface area contributed by atoms with E-state index in [9.17, 15) is 9.59 Å². The average molecular weight is 299 g/mol. The SMILES string of the molecule is O=C1CNC(C(=O)Nc2ccc(Br)cn2)CN1. The summed E-state index contributed by atoms with van der Waals surface area (Å²) < 4.78 is 0.846. The molecule has 2 amide bonds. The summed E-state index contributed by atoms with van der Waals surface area (Å²) in [5.74, 6) is 0.174. The van der Waals surface area contributed by atoms with Crippen molar-refractivity contribution in [3.05, 3.63) is 22.8 Å². The van der Waals surface area contributed by atoms with Gasteiger partial charge in [-0.25, -0.2) is 4.98 Å². The highest BCUT2D eigenvalue weighted by Crippen LogP contribution is 2.10. The van der Waals surface area contributed by atoms with Gasteiger partial charge in [-0.2, -0.15) is 0 Å². The number of carbonyl (C=O) groups is 2. The number of anilines is 1. The van der Waals surface area contributed by atoms with Crippen molar-refractivity contribution in [1.29, 1.82) is 0 Å². The maximum absolute atomic E-state index is 11.8. The summed E-state index contributed by atoms with van der Waals surface area (Å²) in [5, 5.41) is 8.13. The van der Waals surface area contributed by atoms with Crippen LogP contribution in [0.15, 0.2) is 22.8 Å². The quantitative estimate of drug-likeness (QED) is 0.710. The standard InChI is InChI=1S/C10H11BrN4O2/c11-6-1-2-8(13-3-6)15-10(17)7-4-14-9(16)5-12-7/h1-3,7,12H,4-5H2,(H,14,16)(H,13,15,17). The molecular weight excluding hydrogens is 288 g/mol. The Bertz CT molecular complexity index is 424. The normalized spacial score (nSPS) is 19.6. The Balaban J connectivity index is 1.92. The summed E-state index contributed by atoms with van der Waals surface area (Å²) in [7, 11) is 0. The summed E-state index contributed by atoms with van der Waals surface area (Å²) in [6.45, 7) is 0.451. The van der Waals surface area contributed by atoms with Crippen LogP contribution in [0.1, 0.15) is 0 Å². The van der Waals surface area contributed by atoms with Gasteiger partial charge >= 0.3 is 0 Å². The Morgan fingerprint density at radius 3 is 2.94 bits per heavy atom. The smallest absolute Gasteiger partial charge is 0.244 e. The molecule has 0 spiro atoms. The predicted molar refractivity (Wildman–Crippen MR) is 65.4 cm³/mol. The van der Waals surface area contributed by atoms with Gasteiger partial charge in [-0.15, -0.1) is 0 Å². The van der Waals surface area contributed by atoms with Crippen molar-refractivity contribution in [1.82, 2.24) is 15.6 Å². The van der Waals surface area contributed by atoms with Gasteiger partial charge in [0.15, 0.2) is 0 Å². The van der Waals surface area contributed by atoms with Gasteiger partial charge in [-0.1, -0.05) is 0 Å². The third-order valence-corrected chi connectivity index (χ3v) is 2.78. The lowest BCUT2D eigenvalue weighted by molar-refractivity contribution is -0.124. The highest BCUT2D eigenvalue weighted by molar-refractivity contribution is 9.10. The van der Waals surface area contributed by atoms with Crippen LogP contribution >= 0.6 is 15.9 Å². The minimum atomic E-state index is -0.418. The molecule has 0 bridgehead atoms. The third kappa shape index (κ3) is 3.24. The van der Waals surface area contributed by atoms with E-state index in [0.29, 0.717) is 12.4 Å². The molecule has 90 valence electrons. The number of nitrogens with zero attached hydrogens (tertiary/aromatic N) is 1. The van der Waals surface area contributed by atoms with Crippen LogP contribution in [0.2, 0.25) is 0 Å². The van der Waals surface area contributed by atoms with Crippen LogP contribution in [0.3, 0.4) is 0 Å². The van der Waals surface area contributed by atoms with E-state index in [2.05, 4.69) is 36.9 Å². The number of halogens is 1. The molecular formula is C10H11BrN4O2. The largest absolute Gasteiger partial charge is 0.353 e. The lowest BCUT2D eigenvalue weighted by Crippen LogP contribution is -2.56. The van der Waals surface area contributed by atoms with E-state index >= 15 is 0 Å². The molecule has 3 N–H and O–H groups in total. The minimum Gasteiger partial charge on any atom is -0.353 e. The van der Waals surface area contributed by atoms with Gasteiger partial charge in [0.1, 0.15) is 11.9 Å². The molecule has 0 radical (unpaired) electrons. The molecule has 7 heteroatoms. The first-order valence-corrected chi connectivity index (χ1v) is 5.87. The molecule has 0 aliphatic carbocycles. The van der Waals surface area contributed by atoms with Gasteiger partial charge in [-0.3, -0.25) is 14.9 Å². The summed E-state index contributed by atoms with van der Waals surface area (Å²) in [4.78, 5) is 26.7. The van der Waals surface area contributed by atoms with E-state index in [1.165, 1.54) is 0 Å². The molecule has 0 saturated carbocycles. The second-order valence-corrected chi connectivity index (χ2v) is 4.50. The van der Waals surface area contributed by atoms with E-state index in [1.54, 1.807) is 18.3 Å². The fraction of sp³-hybridized carbons (Fsp3) is 0.300. The van der Waals surface area contributed by atoms with Crippen molar-refractivity contribution in [2.24, 2.45) is 0 Å². The second kappa shape index (κ2) is 5.24. The molecule has 1 saturated heterocycles. The number of hydrogen-bond donors (Lipinski definition) is 3. The van der Waals surface area contributed by atoms with Crippen LogP contribution in [0.25, 0.3) is 0 Å². The van der Waals surface area contributed by atoms with Gasteiger partial charge in [-0.05, 0) is 28.1 Å². The number of hydrogen-bond acceptors (Lipinski definition) is 4. The number of piperazine rings is 1. The molecule has 1 fully saturated rings. The van der Waals surface area contributed by atoms with Gasteiger partial charge in [0, 0.05) is 17.2 Å². The van der Waals surface area contributed by atoms with E-state index in [-0.39, 0.29) is 18.4 Å². The maximum Gasteiger partial charge on any atom is 0.244 e. The van der Waals surface area contributed by atoms with Crippen molar-refractivity contribution in [3.63, 3.8) is 0 Å². The topological polar surface area (TPSA) is 83.1 Å². The molecule has 1 aliphatic heterocycles. The van der Waals surface area contributed by atoms with Crippen molar-refractivity contribution < 1.29 is 9.59 Å². The number of aromatic nitrogens is 1. The van der Waals surface area contributed by atoms with Gasteiger partial charge in [0.2, 0.25) is 11.8 Å². The molecule has 1 aliphatic rings. The Hall–Kier alpha value is -1.47. The van der Waals surface area contributed by atoms with Crippen molar-refractivity contribution in [3.8, 4) is 0 Å². The van der Waals surface area contributed by atoms with E-state index in [4.69, 9.17) is 0 Å². The van der Waals surface area contributed by atoms with Crippen LogP contribution < -0.4 is 16.0 Å². The molecule has 1 atom stereocenters. The lowest BCUT2D eigenvalue weighted by Gasteiger charge is -2.22. The van der Waals surface area contributed by atoms with Gasteiger partial charge in [0.05, 0.1) is 6.54 Å². The number of pyridine rings is 1. The number of rotatable bonds is 2. The fourth-order valence-electron chi connectivity index (χ4n) is 1.41. The minimum absolute atomic E-state index is 0.101. The lowest BCUT2D eigenvalue weighted by atomic mass is 10.2. The van der Waals surface area contributed by atoms with Crippen LogP contribution in [0, 0.1) is 0 Å². The molecule has 1 aromatic heterocycles. The van der Waals surface area contributed by atoms with Gasteiger partial charge < -0.3 is 10.6 Å². The summed E-state index contributed by atoms with van der Waals surface area (Å²) in [6.07, 6.45) is 1.60. The van der Waals surface area contributed by atoms with Crippen molar-refractivity contribution >= 4 is 33.6 Å². The number of carbonyl (C=O) groups excluding carboxylic acids is 2. The first-order chi connectivity index (χ1) is 8.15. The zero-order valence-corrected chi connectivity index (χ0v) is 10.5. The highest BCUT2D eigenvalue weighted by Gasteiger charge is 2.23. The molecule has 0 aromatic carbocycles.